The van der Waals surface area contributed by atoms with Crippen molar-refractivity contribution in [3.63, 3.8) is 0 Å². The van der Waals surface area contributed by atoms with E-state index in [2.05, 4.69) is 4.98 Å². The average Bonchev–Trinajstić information content (AvgIpc) is 2.60. The first-order chi connectivity index (χ1) is 12.1. The molecule has 6 nitrogen and oxygen atoms in total. The maximum absolute atomic E-state index is 13.0. The third-order valence-electron chi connectivity index (χ3n) is 3.21. The van der Waals surface area contributed by atoms with Crippen LogP contribution in [0.25, 0.3) is 10.9 Å². The maximum atomic E-state index is 13.0. The van der Waals surface area contributed by atoms with E-state index in [0.29, 0.717) is 4.57 Å². The van der Waals surface area contributed by atoms with Gasteiger partial charge in [-0.15, -0.1) is 0 Å². The Morgan fingerprint density at radius 2 is 2.38 bits per heavy atom. The van der Waals surface area contributed by atoms with Crippen LogP contribution >= 0.6 is 0 Å². The summed E-state index contributed by atoms with van der Waals surface area (Å²) < 4.78 is 40.4. The van der Waals surface area contributed by atoms with Gasteiger partial charge < -0.3 is 5.73 Å². The first-order valence-electron chi connectivity index (χ1n) is 9.01. The molecule has 2 N–H and O–H groups in total. The number of carbonyl (C=O) groups is 2. The molecule has 3 atom stereocenters. The first kappa shape index (κ1) is 8.71. The Morgan fingerprint density at radius 3 is 3.14 bits per heavy atom. The number of hydrogen-bond donors (Lipinski definition) is 1. The van der Waals surface area contributed by atoms with Crippen molar-refractivity contribution < 1.29 is 16.4 Å². The standard InChI is InChI=1S/C15H15N3O3/c1-8-17-11-4-2-3-10(16)14(11)15(21)18(8)12-6-5-9(19)7-13(12)20/h2-4,12H,5-7,16H2,1H3/i1D,4D,5D,6D,12D. The Morgan fingerprint density at radius 1 is 1.57 bits per heavy atom. The minimum atomic E-state index is -2.57. The summed E-state index contributed by atoms with van der Waals surface area (Å²) in [5.41, 5.74) is 4.78. The van der Waals surface area contributed by atoms with Gasteiger partial charge in [-0.1, -0.05) is 6.07 Å². The van der Waals surface area contributed by atoms with Gasteiger partial charge in [-0.05, 0) is 25.4 Å². The van der Waals surface area contributed by atoms with Gasteiger partial charge in [-0.2, -0.15) is 0 Å². The zero-order valence-electron chi connectivity index (χ0n) is 15.9. The molecule has 1 saturated carbocycles. The molecular weight excluding hydrogens is 270 g/mol. The molecule has 0 spiro atoms. The molecule has 3 rings (SSSR count). The van der Waals surface area contributed by atoms with E-state index >= 15 is 0 Å². The van der Waals surface area contributed by atoms with Crippen molar-refractivity contribution in [3.05, 3.63) is 34.4 Å². The molecule has 1 aliphatic rings. The third-order valence-corrected chi connectivity index (χ3v) is 3.21. The van der Waals surface area contributed by atoms with E-state index in [1.165, 1.54) is 12.1 Å². The Labute approximate surface area is 127 Å². The van der Waals surface area contributed by atoms with E-state index in [1.807, 2.05) is 0 Å². The summed E-state index contributed by atoms with van der Waals surface area (Å²) in [6.45, 7) is -0.601. The molecule has 108 valence electrons. The zero-order chi connectivity index (χ0) is 19.4. The number of fused-ring (bicyclic) bond motifs is 1. The second-order valence-electron chi connectivity index (χ2n) is 4.61. The lowest BCUT2D eigenvalue weighted by molar-refractivity contribution is -0.132. The summed E-state index contributed by atoms with van der Waals surface area (Å²) in [5, 5.41) is -0.195. The number of aryl methyl sites for hydroxylation is 1. The second-order valence-corrected chi connectivity index (χ2v) is 4.61. The fraction of sp³-hybridized carbons (Fsp3) is 0.333. The van der Waals surface area contributed by atoms with Gasteiger partial charge in [0.15, 0.2) is 5.78 Å². The van der Waals surface area contributed by atoms with Gasteiger partial charge >= 0.3 is 0 Å². The highest BCUT2D eigenvalue weighted by Crippen LogP contribution is 2.24. The number of nitrogens with two attached hydrogens (primary N) is 1. The number of benzene rings is 1. The quantitative estimate of drug-likeness (QED) is 0.628. The fourth-order valence-electron chi connectivity index (χ4n) is 2.24. The Bertz CT molecular complexity index is 1010. The van der Waals surface area contributed by atoms with Gasteiger partial charge in [0.1, 0.15) is 11.6 Å². The van der Waals surface area contributed by atoms with Crippen LogP contribution in [0.2, 0.25) is 0 Å². The molecule has 0 saturated heterocycles. The lowest BCUT2D eigenvalue weighted by Gasteiger charge is -2.24. The van der Waals surface area contributed by atoms with Crippen LogP contribution in [0.15, 0.2) is 23.0 Å². The van der Waals surface area contributed by atoms with Crippen LogP contribution in [-0.4, -0.2) is 21.1 Å². The van der Waals surface area contributed by atoms with Crippen LogP contribution in [0.4, 0.5) is 5.69 Å². The Kier molecular flexibility index (Phi) is 1.99. The number of hydrogen-bond acceptors (Lipinski definition) is 5. The second kappa shape index (κ2) is 4.80. The van der Waals surface area contributed by atoms with Crippen molar-refractivity contribution in [2.24, 2.45) is 0 Å². The zero-order valence-corrected chi connectivity index (χ0v) is 10.9. The van der Waals surface area contributed by atoms with E-state index in [4.69, 9.17) is 12.6 Å². The first-order valence-corrected chi connectivity index (χ1v) is 6.15. The molecule has 1 fully saturated rings. The minimum absolute atomic E-state index is 0.0225. The highest BCUT2D eigenvalue weighted by Gasteiger charge is 2.30. The average molecular weight is 290 g/mol. The molecule has 3 unspecified atom stereocenters. The number of anilines is 1. The fourth-order valence-corrected chi connectivity index (χ4v) is 2.24. The summed E-state index contributed by atoms with van der Waals surface area (Å²) >= 11 is 0. The number of aromatic nitrogens is 2. The third kappa shape index (κ3) is 2.12. The predicted molar refractivity (Wildman–Crippen MR) is 78.1 cm³/mol. The van der Waals surface area contributed by atoms with E-state index in [-0.39, 0.29) is 28.5 Å². The van der Waals surface area contributed by atoms with Gasteiger partial charge in [-0.3, -0.25) is 19.0 Å². The number of carbonyl (C=O) groups excluding carboxylic acids is 2. The molecule has 1 aromatic carbocycles. The lowest BCUT2D eigenvalue weighted by Crippen LogP contribution is -2.36. The van der Waals surface area contributed by atoms with E-state index in [9.17, 15) is 14.4 Å². The molecule has 1 heterocycles. The van der Waals surface area contributed by atoms with Crippen molar-refractivity contribution >= 4 is 28.2 Å². The van der Waals surface area contributed by atoms with Crippen molar-refractivity contribution in [2.75, 3.05) is 5.73 Å². The number of nitrogen functional groups attached to an aromatic ring is 1. The summed E-state index contributed by atoms with van der Waals surface area (Å²) in [6.07, 6.45) is -4.28. The van der Waals surface area contributed by atoms with Crippen LogP contribution in [0.5, 0.6) is 0 Å². The lowest BCUT2D eigenvalue weighted by atomic mass is 9.92. The maximum Gasteiger partial charge on any atom is 0.264 e. The van der Waals surface area contributed by atoms with Gasteiger partial charge in [0.2, 0.25) is 0 Å². The summed E-state index contributed by atoms with van der Waals surface area (Å²) in [6, 6.07) is -0.0410. The van der Waals surface area contributed by atoms with Gasteiger partial charge in [0.25, 0.3) is 5.56 Å². The highest BCUT2D eigenvalue weighted by molar-refractivity contribution is 6.03. The van der Waals surface area contributed by atoms with Crippen LogP contribution in [-0.2, 0) is 9.59 Å². The molecule has 0 bridgehead atoms. The Balaban J connectivity index is 2.43. The molecule has 0 aliphatic heterocycles. The van der Waals surface area contributed by atoms with Gasteiger partial charge in [-0.25, -0.2) is 4.98 Å². The minimum Gasteiger partial charge on any atom is -0.398 e. The van der Waals surface area contributed by atoms with Crippen LogP contribution in [0, 0.1) is 6.90 Å². The summed E-state index contributed by atoms with van der Waals surface area (Å²) in [5.74, 6) is -2.10. The van der Waals surface area contributed by atoms with Crippen molar-refractivity contribution in [2.45, 2.75) is 32.1 Å². The van der Waals surface area contributed by atoms with Crippen molar-refractivity contribution in [1.29, 1.82) is 0 Å². The van der Waals surface area contributed by atoms with Crippen LogP contribution in [0.3, 0.4) is 0 Å². The molecule has 6 heteroatoms. The smallest absolute Gasteiger partial charge is 0.264 e. The van der Waals surface area contributed by atoms with Crippen molar-refractivity contribution in [3.8, 4) is 0 Å². The number of rotatable bonds is 1. The van der Waals surface area contributed by atoms with Crippen LogP contribution < -0.4 is 11.3 Å². The molecule has 21 heavy (non-hydrogen) atoms. The van der Waals surface area contributed by atoms with E-state index < -0.39 is 49.3 Å². The Hall–Kier alpha value is -2.50. The molecule has 1 aromatic heterocycles. The summed E-state index contributed by atoms with van der Waals surface area (Å²) in [4.78, 5) is 41.2. The monoisotopic (exact) mass is 290 g/mol. The molecule has 0 radical (unpaired) electrons. The predicted octanol–water partition coefficient (Wildman–Crippen LogP) is 1.15. The summed E-state index contributed by atoms with van der Waals surface area (Å²) in [7, 11) is 0. The van der Waals surface area contributed by atoms with E-state index in [0.717, 1.165) is 0 Å². The highest BCUT2D eigenvalue weighted by atomic mass is 16.2. The molecule has 2 aromatic rings. The van der Waals surface area contributed by atoms with Gasteiger partial charge in [0.05, 0.1) is 26.1 Å². The topological polar surface area (TPSA) is 95.0 Å². The molecule has 0 amide bonds. The largest absolute Gasteiger partial charge is 0.398 e. The van der Waals surface area contributed by atoms with Crippen molar-refractivity contribution in [1.82, 2.24) is 9.55 Å². The number of ketones is 2. The normalized spacial score (nSPS) is 33.0. The van der Waals surface area contributed by atoms with Gasteiger partial charge in [0, 0.05) is 16.2 Å². The molecule has 1 aliphatic carbocycles. The van der Waals surface area contributed by atoms with Crippen LogP contribution in [0.1, 0.15) is 37.9 Å². The number of nitrogens with zero attached hydrogens (tertiary/aromatic N) is 2. The van der Waals surface area contributed by atoms with E-state index in [1.54, 1.807) is 0 Å². The number of Topliss-reactive ketones (excluding diaryl/α,β-unsaturated/α-hetero) is 2. The SMILES string of the molecule is [2H]Cc1nc2c([2H])ccc(N)c2c(=O)n1C1([2H])C(=O)CC(=O)C([2H])C1[2H]. The molecular formula is C15H15N3O3.